The normalized spacial score (nSPS) is 13.2. The van der Waals surface area contributed by atoms with Crippen LogP contribution >= 0.6 is 11.3 Å². The van der Waals surface area contributed by atoms with Crippen molar-refractivity contribution < 1.29 is 0 Å². The van der Waals surface area contributed by atoms with Crippen LogP contribution < -0.4 is 0 Å². The lowest BCUT2D eigenvalue weighted by molar-refractivity contribution is 0.358. The fraction of sp³-hybridized carbons (Fsp3) is 0.450. The Hall–Kier alpha value is -2.21. The molecule has 0 aliphatic heterocycles. The Labute approximate surface area is 157 Å². The molecule has 0 aliphatic carbocycles. The highest BCUT2D eigenvalue weighted by Gasteiger charge is 2.26. The quantitative estimate of drug-likeness (QED) is 0.526. The molecule has 0 N–H and O–H groups in total. The van der Waals surface area contributed by atoms with Gasteiger partial charge < -0.3 is 0 Å². The average molecular weight is 368 g/mol. The van der Waals surface area contributed by atoms with Crippen LogP contribution in [0.15, 0.2) is 30.6 Å². The molecular formula is C20H25N5S. The standard InChI is InChI=1S/C20H25N5S/c1-13-11-24-12-17(21-18(24)26-13)20(5,6)10-14-7-8-15-16(9-14)25(23-22-15)19(2,3)4/h7-9,11-12H,10H2,1-6H3. The van der Waals surface area contributed by atoms with Gasteiger partial charge in [0.25, 0.3) is 0 Å². The van der Waals surface area contributed by atoms with E-state index < -0.39 is 0 Å². The molecule has 0 fully saturated rings. The molecule has 136 valence electrons. The lowest BCUT2D eigenvalue weighted by Crippen LogP contribution is -2.23. The second-order valence-electron chi connectivity index (χ2n) is 8.71. The van der Waals surface area contributed by atoms with E-state index in [1.54, 1.807) is 11.3 Å². The molecule has 0 amide bonds. The Bertz CT molecular complexity index is 1060. The largest absolute Gasteiger partial charge is 0.297 e. The summed E-state index contributed by atoms with van der Waals surface area (Å²) in [7, 11) is 0. The van der Waals surface area contributed by atoms with E-state index in [0.29, 0.717) is 0 Å². The summed E-state index contributed by atoms with van der Waals surface area (Å²) in [5.41, 5.74) is 4.31. The molecule has 0 saturated carbocycles. The number of hydrogen-bond acceptors (Lipinski definition) is 4. The Morgan fingerprint density at radius 3 is 2.54 bits per heavy atom. The van der Waals surface area contributed by atoms with Crippen molar-refractivity contribution in [3.63, 3.8) is 0 Å². The second-order valence-corrected chi connectivity index (χ2v) is 9.93. The van der Waals surface area contributed by atoms with Gasteiger partial charge in [-0.05, 0) is 51.8 Å². The summed E-state index contributed by atoms with van der Waals surface area (Å²) in [6.07, 6.45) is 5.23. The number of nitrogens with zero attached hydrogens (tertiary/aromatic N) is 5. The van der Waals surface area contributed by atoms with Crippen molar-refractivity contribution in [1.29, 1.82) is 0 Å². The maximum absolute atomic E-state index is 4.86. The number of aromatic nitrogens is 5. The van der Waals surface area contributed by atoms with Crippen LogP contribution in [-0.4, -0.2) is 24.4 Å². The summed E-state index contributed by atoms with van der Waals surface area (Å²) in [5, 5.41) is 8.65. The van der Waals surface area contributed by atoms with Gasteiger partial charge in [-0.15, -0.1) is 16.4 Å². The first-order chi connectivity index (χ1) is 12.1. The molecule has 0 atom stereocenters. The van der Waals surface area contributed by atoms with E-state index in [4.69, 9.17) is 4.98 Å². The average Bonchev–Trinajstić information content (AvgIpc) is 3.17. The van der Waals surface area contributed by atoms with E-state index in [1.165, 1.54) is 10.4 Å². The van der Waals surface area contributed by atoms with Crippen molar-refractivity contribution in [3.8, 4) is 0 Å². The van der Waals surface area contributed by atoms with Gasteiger partial charge in [0.2, 0.25) is 0 Å². The monoisotopic (exact) mass is 367 g/mol. The first-order valence-corrected chi connectivity index (χ1v) is 9.76. The molecule has 6 heteroatoms. The third-order valence-electron chi connectivity index (χ3n) is 4.76. The molecule has 4 rings (SSSR count). The maximum Gasteiger partial charge on any atom is 0.194 e. The van der Waals surface area contributed by atoms with Crippen molar-refractivity contribution in [2.24, 2.45) is 0 Å². The van der Waals surface area contributed by atoms with Crippen molar-refractivity contribution in [2.45, 2.75) is 58.9 Å². The molecule has 4 aromatic rings. The Kier molecular flexibility index (Phi) is 3.74. The van der Waals surface area contributed by atoms with Gasteiger partial charge in [0.05, 0.1) is 16.7 Å². The number of benzene rings is 1. The van der Waals surface area contributed by atoms with E-state index >= 15 is 0 Å². The molecule has 3 heterocycles. The van der Waals surface area contributed by atoms with Gasteiger partial charge in [-0.25, -0.2) is 9.67 Å². The predicted molar refractivity (Wildman–Crippen MR) is 107 cm³/mol. The van der Waals surface area contributed by atoms with Crippen LogP contribution in [-0.2, 0) is 17.4 Å². The summed E-state index contributed by atoms with van der Waals surface area (Å²) >= 11 is 1.74. The highest BCUT2D eigenvalue weighted by molar-refractivity contribution is 7.16. The van der Waals surface area contributed by atoms with Crippen LogP contribution in [0.25, 0.3) is 16.0 Å². The lowest BCUT2D eigenvalue weighted by Gasteiger charge is -2.23. The highest BCUT2D eigenvalue weighted by Crippen LogP contribution is 2.30. The van der Waals surface area contributed by atoms with Gasteiger partial charge in [-0.1, -0.05) is 25.1 Å². The van der Waals surface area contributed by atoms with Gasteiger partial charge >= 0.3 is 0 Å². The minimum atomic E-state index is -0.0883. The van der Waals surface area contributed by atoms with Gasteiger partial charge in [-0.2, -0.15) is 0 Å². The van der Waals surface area contributed by atoms with E-state index in [2.05, 4.69) is 86.8 Å². The number of rotatable bonds is 3. The first-order valence-electron chi connectivity index (χ1n) is 8.94. The predicted octanol–water partition coefficient (Wildman–Crippen LogP) is 4.72. The Morgan fingerprint density at radius 1 is 1.08 bits per heavy atom. The van der Waals surface area contributed by atoms with Crippen molar-refractivity contribution in [1.82, 2.24) is 24.4 Å². The zero-order valence-electron chi connectivity index (χ0n) is 16.2. The minimum absolute atomic E-state index is 0.0483. The molecule has 0 radical (unpaired) electrons. The lowest BCUT2D eigenvalue weighted by atomic mass is 9.83. The van der Waals surface area contributed by atoms with Gasteiger partial charge in [0.1, 0.15) is 5.52 Å². The molecule has 1 aromatic carbocycles. The van der Waals surface area contributed by atoms with Crippen LogP contribution in [0.4, 0.5) is 0 Å². The third-order valence-corrected chi connectivity index (χ3v) is 5.67. The smallest absolute Gasteiger partial charge is 0.194 e. The molecule has 3 aromatic heterocycles. The van der Waals surface area contributed by atoms with E-state index in [0.717, 1.165) is 28.1 Å². The third kappa shape index (κ3) is 2.92. The molecule has 26 heavy (non-hydrogen) atoms. The Balaban J connectivity index is 1.69. The van der Waals surface area contributed by atoms with Crippen LogP contribution in [0.5, 0.6) is 0 Å². The molecule has 0 aliphatic rings. The summed E-state index contributed by atoms with van der Waals surface area (Å²) < 4.78 is 4.15. The molecule has 0 unspecified atom stereocenters. The summed E-state index contributed by atoms with van der Waals surface area (Å²) in [6.45, 7) is 13.1. The fourth-order valence-corrected chi connectivity index (χ4v) is 4.22. The topological polar surface area (TPSA) is 48.0 Å². The van der Waals surface area contributed by atoms with Gasteiger partial charge in [0, 0.05) is 22.7 Å². The van der Waals surface area contributed by atoms with E-state index in [-0.39, 0.29) is 11.0 Å². The SMILES string of the molecule is Cc1cn2cc(C(C)(C)Cc3ccc4nnn(C(C)(C)C)c4c3)nc2s1. The number of aryl methyl sites for hydroxylation is 1. The zero-order valence-corrected chi connectivity index (χ0v) is 17.1. The highest BCUT2D eigenvalue weighted by atomic mass is 32.1. The molecule has 5 nitrogen and oxygen atoms in total. The minimum Gasteiger partial charge on any atom is -0.297 e. The van der Waals surface area contributed by atoms with E-state index in [1.807, 2.05) is 4.68 Å². The Morgan fingerprint density at radius 2 is 1.85 bits per heavy atom. The van der Waals surface area contributed by atoms with Crippen molar-refractivity contribution in [3.05, 3.63) is 46.7 Å². The molecule has 0 saturated heterocycles. The number of imidazole rings is 1. The van der Waals surface area contributed by atoms with Crippen LogP contribution in [0.1, 0.15) is 50.8 Å². The summed E-state index contributed by atoms with van der Waals surface area (Å²) in [5.74, 6) is 0. The molecule has 0 bridgehead atoms. The fourth-order valence-electron chi connectivity index (χ4n) is 3.41. The molecular weight excluding hydrogens is 342 g/mol. The van der Waals surface area contributed by atoms with Gasteiger partial charge in [0.15, 0.2) is 4.96 Å². The van der Waals surface area contributed by atoms with Crippen LogP contribution in [0, 0.1) is 6.92 Å². The first kappa shape index (κ1) is 17.2. The second kappa shape index (κ2) is 5.64. The summed E-state index contributed by atoms with van der Waals surface area (Å²) in [6, 6.07) is 6.46. The number of fused-ring (bicyclic) bond motifs is 2. The maximum atomic E-state index is 4.86. The van der Waals surface area contributed by atoms with Crippen molar-refractivity contribution >= 4 is 27.3 Å². The van der Waals surface area contributed by atoms with Crippen molar-refractivity contribution in [2.75, 3.05) is 0 Å². The van der Waals surface area contributed by atoms with Gasteiger partial charge in [-0.3, -0.25) is 4.40 Å². The summed E-state index contributed by atoms with van der Waals surface area (Å²) in [4.78, 5) is 7.21. The number of hydrogen-bond donors (Lipinski definition) is 0. The number of thiazole rings is 1. The van der Waals surface area contributed by atoms with E-state index in [9.17, 15) is 0 Å². The molecule has 0 spiro atoms. The van der Waals surface area contributed by atoms with Crippen LogP contribution in [0.3, 0.4) is 0 Å². The van der Waals surface area contributed by atoms with Crippen LogP contribution in [0.2, 0.25) is 0 Å². The zero-order chi connectivity index (χ0) is 18.7.